The second kappa shape index (κ2) is 11.0. The summed E-state index contributed by atoms with van der Waals surface area (Å²) >= 11 is 3.44. The van der Waals surface area contributed by atoms with Crippen molar-refractivity contribution in [2.24, 2.45) is 0 Å². The molecule has 0 bridgehead atoms. The second-order valence-corrected chi connectivity index (χ2v) is 9.81. The van der Waals surface area contributed by atoms with Crippen LogP contribution in [-0.4, -0.2) is 51.7 Å². The highest BCUT2D eigenvalue weighted by Crippen LogP contribution is 2.29. The molecule has 1 saturated heterocycles. The number of aromatic amines is 1. The third-order valence-electron chi connectivity index (χ3n) is 6.11. The van der Waals surface area contributed by atoms with E-state index in [1.54, 1.807) is 12.1 Å². The molecule has 0 unspecified atom stereocenters. The lowest BCUT2D eigenvalue weighted by Crippen LogP contribution is -2.43. The van der Waals surface area contributed by atoms with Crippen molar-refractivity contribution in [2.75, 3.05) is 30.3 Å². The van der Waals surface area contributed by atoms with E-state index in [0.717, 1.165) is 0 Å². The number of nitrogens with zero attached hydrogens (tertiary/aromatic N) is 3. The zero-order chi connectivity index (χ0) is 26.7. The number of aromatic nitrogens is 3. The summed E-state index contributed by atoms with van der Waals surface area (Å²) in [4.78, 5) is 25.9. The highest BCUT2D eigenvalue weighted by atomic mass is 79.9. The van der Waals surface area contributed by atoms with Gasteiger partial charge in [-0.2, -0.15) is 18.2 Å². The first kappa shape index (κ1) is 26.0. The maximum Gasteiger partial charge on any atom is 0.401 e. The number of anilines is 3. The summed E-state index contributed by atoms with van der Waals surface area (Å²) in [7, 11) is 0. The van der Waals surface area contributed by atoms with Crippen LogP contribution in [0.3, 0.4) is 0 Å². The third-order valence-corrected chi connectivity index (χ3v) is 6.72. The fourth-order valence-corrected chi connectivity index (χ4v) is 4.71. The number of ether oxygens (including phenoxy) is 1. The van der Waals surface area contributed by atoms with Gasteiger partial charge in [-0.05, 0) is 65.2 Å². The van der Waals surface area contributed by atoms with Gasteiger partial charge < -0.3 is 20.4 Å². The van der Waals surface area contributed by atoms with E-state index in [1.165, 1.54) is 11.1 Å². The van der Waals surface area contributed by atoms with Crippen LogP contribution in [0.5, 0.6) is 11.5 Å². The lowest BCUT2D eigenvalue weighted by Gasteiger charge is -2.32. The number of alkyl halides is 3. The molecule has 2 aromatic heterocycles. The van der Waals surface area contributed by atoms with Crippen LogP contribution in [0.1, 0.15) is 12.8 Å². The Morgan fingerprint density at radius 1 is 1.03 bits per heavy atom. The van der Waals surface area contributed by atoms with Gasteiger partial charge in [0.05, 0.1) is 16.5 Å². The van der Waals surface area contributed by atoms with E-state index in [4.69, 9.17) is 4.74 Å². The molecule has 0 saturated carbocycles. The van der Waals surface area contributed by atoms with E-state index in [2.05, 4.69) is 41.5 Å². The number of hydrogen-bond donors (Lipinski definition) is 3. The van der Waals surface area contributed by atoms with E-state index in [1.807, 2.05) is 42.5 Å². The van der Waals surface area contributed by atoms with Gasteiger partial charge in [0.2, 0.25) is 5.95 Å². The van der Waals surface area contributed by atoms with Crippen molar-refractivity contribution < 1.29 is 17.9 Å². The van der Waals surface area contributed by atoms with Crippen LogP contribution >= 0.6 is 15.9 Å². The first-order valence-corrected chi connectivity index (χ1v) is 12.8. The van der Waals surface area contributed by atoms with Crippen molar-refractivity contribution in [1.82, 2.24) is 19.9 Å². The number of rotatable bonds is 7. The SMILES string of the molecule is O=c1[nH]cc(Br)c2nc(NC3CCN(CC(F)(F)F)CC3)nc(Nc3ccc(Oc4ccccc4)cc3)c12. The van der Waals surface area contributed by atoms with Gasteiger partial charge in [0.25, 0.3) is 5.56 Å². The van der Waals surface area contributed by atoms with Gasteiger partial charge >= 0.3 is 6.18 Å². The minimum absolute atomic E-state index is 0.0972. The molecule has 0 atom stereocenters. The average molecular weight is 589 g/mol. The molecule has 2 aromatic carbocycles. The molecule has 1 fully saturated rings. The largest absolute Gasteiger partial charge is 0.457 e. The number of likely N-dealkylation sites (tertiary alicyclic amines) is 1. The number of halogens is 4. The van der Waals surface area contributed by atoms with Crippen LogP contribution in [0.15, 0.2) is 70.1 Å². The van der Waals surface area contributed by atoms with Crippen LogP contribution < -0.4 is 20.9 Å². The van der Waals surface area contributed by atoms with Gasteiger partial charge in [0.15, 0.2) is 0 Å². The standard InChI is InChI=1S/C26H24BrF3N6O2/c27-20-14-31-24(37)21-22(20)34-25(33-17-10-12-36(13-11-17)15-26(28,29)30)35-23(21)32-16-6-8-19(9-7-16)38-18-4-2-1-3-5-18/h1-9,14,17H,10-13,15H2,(H,31,37)(H2,32,33,34,35). The topological polar surface area (TPSA) is 95.2 Å². The summed E-state index contributed by atoms with van der Waals surface area (Å²) in [5.41, 5.74) is 0.727. The summed E-state index contributed by atoms with van der Waals surface area (Å²) in [6.45, 7) is -0.279. The molecule has 1 aliphatic heterocycles. The Kier molecular flexibility index (Phi) is 7.52. The fraction of sp³-hybridized carbons (Fsp3) is 0.269. The number of benzene rings is 2. The molecule has 38 heavy (non-hydrogen) atoms. The molecule has 3 heterocycles. The number of para-hydroxylation sites is 1. The van der Waals surface area contributed by atoms with E-state index in [0.29, 0.717) is 58.9 Å². The molecule has 12 heteroatoms. The lowest BCUT2D eigenvalue weighted by molar-refractivity contribution is -0.147. The Balaban J connectivity index is 1.36. The normalized spacial score (nSPS) is 14.9. The van der Waals surface area contributed by atoms with Gasteiger partial charge in [0, 0.05) is 31.0 Å². The van der Waals surface area contributed by atoms with Gasteiger partial charge in [-0.25, -0.2) is 4.98 Å². The Hall–Kier alpha value is -3.64. The molecule has 1 aliphatic rings. The minimum Gasteiger partial charge on any atom is -0.457 e. The van der Waals surface area contributed by atoms with E-state index in [9.17, 15) is 18.0 Å². The number of hydrogen-bond acceptors (Lipinski definition) is 7. The van der Waals surface area contributed by atoms with E-state index >= 15 is 0 Å². The van der Waals surface area contributed by atoms with Crippen LogP contribution in [0.2, 0.25) is 0 Å². The van der Waals surface area contributed by atoms with Gasteiger partial charge in [-0.1, -0.05) is 18.2 Å². The molecule has 0 spiro atoms. The predicted octanol–water partition coefficient (Wildman–Crippen LogP) is 6.06. The Bertz CT molecular complexity index is 1460. The molecule has 198 valence electrons. The van der Waals surface area contributed by atoms with Crippen LogP contribution in [0, 0.1) is 0 Å². The van der Waals surface area contributed by atoms with Gasteiger partial charge in [-0.3, -0.25) is 9.69 Å². The molecule has 0 amide bonds. The zero-order valence-corrected chi connectivity index (χ0v) is 21.6. The summed E-state index contributed by atoms with van der Waals surface area (Å²) in [6.07, 6.45) is -1.68. The van der Waals surface area contributed by atoms with Crippen molar-refractivity contribution in [3.05, 3.63) is 75.6 Å². The summed E-state index contributed by atoms with van der Waals surface area (Å²) < 4.78 is 44.6. The lowest BCUT2D eigenvalue weighted by atomic mass is 10.1. The zero-order valence-electron chi connectivity index (χ0n) is 20.1. The molecule has 0 aliphatic carbocycles. The van der Waals surface area contributed by atoms with Gasteiger partial charge in [-0.15, -0.1) is 0 Å². The highest BCUT2D eigenvalue weighted by Gasteiger charge is 2.32. The quantitative estimate of drug-likeness (QED) is 0.242. The molecular formula is C26H24BrF3N6O2. The Morgan fingerprint density at radius 2 is 1.71 bits per heavy atom. The van der Waals surface area contributed by atoms with Gasteiger partial charge in [0.1, 0.15) is 22.7 Å². The van der Waals surface area contributed by atoms with Crippen molar-refractivity contribution >= 4 is 44.3 Å². The van der Waals surface area contributed by atoms with Crippen LogP contribution in [0.25, 0.3) is 10.9 Å². The number of pyridine rings is 1. The number of fused-ring (bicyclic) bond motifs is 1. The predicted molar refractivity (Wildman–Crippen MR) is 143 cm³/mol. The smallest absolute Gasteiger partial charge is 0.401 e. The monoisotopic (exact) mass is 588 g/mol. The first-order chi connectivity index (χ1) is 18.2. The summed E-state index contributed by atoms with van der Waals surface area (Å²) in [6, 6.07) is 16.5. The molecule has 5 rings (SSSR count). The molecule has 8 nitrogen and oxygen atoms in total. The number of nitrogens with one attached hydrogen (secondary N) is 3. The van der Waals surface area contributed by atoms with Crippen molar-refractivity contribution in [3.8, 4) is 11.5 Å². The maximum atomic E-state index is 12.7. The fourth-order valence-electron chi connectivity index (χ4n) is 4.31. The summed E-state index contributed by atoms with van der Waals surface area (Å²) in [5.74, 6) is 1.94. The van der Waals surface area contributed by atoms with Crippen molar-refractivity contribution in [2.45, 2.75) is 25.1 Å². The maximum absolute atomic E-state index is 12.7. The third kappa shape index (κ3) is 6.43. The van der Waals surface area contributed by atoms with Crippen LogP contribution in [0.4, 0.5) is 30.6 Å². The highest BCUT2D eigenvalue weighted by molar-refractivity contribution is 9.10. The molecular weight excluding hydrogens is 565 g/mol. The number of H-pyrrole nitrogens is 1. The number of piperidine rings is 1. The van der Waals surface area contributed by atoms with Crippen LogP contribution in [-0.2, 0) is 0 Å². The molecule has 4 aromatic rings. The second-order valence-electron chi connectivity index (χ2n) is 8.96. The van der Waals surface area contributed by atoms with Crippen molar-refractivity contribution in [1.29, 1.82) is 0 Å². The van der Waals surface area contributed by atoms with E-state index < -0.39 is 12.7 Å². The molecule has 3 N–H and O–H groups in total. The minimum atomic E-state index is -4.21. The Labute approximate surface area is 224 Å². The molecule has 0 radical (unpaired) electrons. The Morgan fingerprint density at radius 3 is 2.39 bits per heavy atom. The average Bonchev–Trinajstić information content (AvgIpc) is 2.88. The van der Waals surface area contributed by atoms with E-state index in [-0.39, 0.29) is 22.9 Å². The van der Waals surface area contributed by atoms with Crippen molar-refractivity contribution in [3.63, 3.8) is 0 Å². The summed E-state index contributed by atoms with van der Waals surface area (Å²) in [5, 5.41) is 6.71. The first-order valence-electron chi connectivity index (χ1n) is 12.0.